The average Bonchev–Trinajstić information content (AvgIpc) is 3.12. The summed E-state index contributed by atoms with van der Waals surface area (Å²) in [5, 5.41) is 18.1. The number of hydrogen-bond acceptors (Lipinski definition) is 7. The first-order chi connectivity index (χ1) is 19.6. The number of nitrogens with zero attached hydrogens (tertiary/aromatic N) is 4. The van der Waals surface area contributed by atoms with Gasteiger partial charge in [0.1, 0.15) is 34.1 Å². The second kappa shape index (κ2) is 11.5. The lowest BCUT2D eigenvalue weighted by molar-refractivity contribution is -0.137. The Bertz CT molecular complexity index is 1700. The second-order valence-corrected chi connectivity index (χ2v) is 12.2. The lowest BCUT2D eigenvalue weighted by atomic mass is 9.86. The van der Waals surface area contributed by atoms with Crippen molar-refractivity contribution in [3.8, 4) is 5.75 Å². The lowest BCUT2D eigenvalue weighted by Gasteiger charge is -2.23. The minimum Gasteiger partial charge on any atom is -0.495 e. The zero-order valence-electron chi connectivity index (χ0n) is 23.6. The van der Waals surface area contributed by atoms with Gasteiger partial charge >= 0.3 is 5.97 Å². The summed E-state index contributed by atoms with van der Waals surface area (Å²) >= 11 is 0. The SMILES string of the molecule is CCC1=CC=CC2=C(C1)OCCN(Cc1cc(C(CC(=O)O)c3cc(OC)c4c(c3)nnn4C)ccc1C)S2(=O)=O. The molecule has 1 atom stereocenters. The number of carbonyl (C=O) groups is 1. The standard InChI is InChI=1S/C30H34N4O6S/c1-5-20-7-6-8-28-26(13-20)40-12-11-34(41(28,37)38)18-23-14-21(10-9-19(23)2)24(17-29(35)36)22-15-25-30(27(16-22)39-4)33(3)32-31-25/h6-10,14-16,24H,5,11-13,17-18H2,1-4H3,(H,35,36). The van der Waals surface area contributed by atoms with Crippen molar-refractivity contribution in [3.63, 3.8) is 0 Å². The Hall–Kier alpha value is -3.96. The van der Waals surface area contributed by atoms with Gasteiger partial charge in [-0.25, -0.2) is 13.1 Å². The number of aromatic nitrogens is 3. The van der Waals surface area contributed by atoms with Crippen LogP contribution in [0.4, 0.5) is 0 Å². The predicted molar refractivity (Wildman–Crippen MR) is 155 cm³/mol. The number of hydrogen-bond donors (Lipinski definition) is 1. The molecule has 41 heavy (non-hydrogen) atoms. The fourth-order valence-corrected chi connectivity index (χ4v) is 6.98. The molecule has 1 aliphatic carbocycles. The third kappa shape index (κ3) is 5.64. The lowest BCUT2D eigenvalue weighted by Crippen LogP contribution is -2.32. The summed E-state index contributed by atoms with van der Waals surface area (Å²) in [6.45, 7) is 4.56. The molecule has 2 heterocycles. The highest BCUT2D eigenvalue weighted by Crippen LogP contribution is 2.36. The van der Waals surface area contributed by atoms with E-state index in [0.29, 0.717) is 29.0 Å². The molecule has 216 valence electrons. The topological polar surface area (TPSA) is 124 Å². The van der Waals surface area contributed by atoms with Crippen molar-refractivity contribution >= 4 is 27.0 Å². The molecule has 1 aromatic heterocycles. The highest BCUT2D eigenvalue weighted by molar-refractivity contribution is 7.93. The van der Waals surface area contributed by atoms with E-state index in [9.17, 15) is 18.3 Å². The molecule has 1 unspecified atom stereocenters. The molecule has 0 saturated carbocycles. The molecule has 0 amide bonds. The summed E-state index contributed by atoms with van der Waals surface area (Å²) < 4.78 is 42.3. The molecule has 0 radical (unpaired) electrons. The Morgan fingerprint density at radius 2 is 2.02 bits per heavy atom. The Labute approximate surface area is 239 Å². The summed E-state index contributed by atoms with van der Waals surface area (Å²) in [6, 6.07) is 9.37. The second-order valence-electron chi connectivity index (χ2n) is 10.3. The highest BCUT2D eigenvalue weighted by atomic mass is 32.2. The fraction of sp³-hybridized carbons (Fsp3) is 0.367. The smallest absolute Gasteiger partial charge is 0.304 e. The Balaban J connectivity index is 1.52. The minimum absolute atomic E-state index is 0.135. The van der Waals surface area contributed by atoms with E-state index in [1.165, 1.54) is 4.31 Å². The van der Waals surface area contributed by atoms with Crippen LogP contribution >= 0.6 is 0 Å². The Kier molecular flexibility index (Phi) is 8.01. The predicted octanol–water partition coefficient (Wildman–Crippen LogP) is 4.56. The van der Waals surface area contributed by atoms with Gasteiger partial charge < -0.3 is 14.6 Å². The maximum absolute atomic E-state index is 13.8. The van der Waals surface area contributed by atoms with E-state index in [1.807, 2.05) is 50.3 Å². The number of carboxylic acid groups (broad SMARTS) is 1. The molecule has 1 N–H and O–H groups in total. The van der Waals surface area contributed by atoms with Crippen molar-refractivity contribution < 1.29 is 27.8 Å². The van der Waals surface area contributed by atoms with E-state index >= 15 is 0 Å². The zero-order chi connectivity index (χ0) is 29.3. The molecule has 3 aromatic rings. The van der Waals surface area contributed by atoms with Crippen molar-refractivity contribution in [2.24, 2.45) is 7.05 Å². The van der Waals surface area contributed by atoms with Crippen LogP contribution in [0.1, 0.15) is 54.4 Å². The van der Waals surface area contributed by atoms with Crippen molar-refractivity contribution in [2.75, 3.05) is 20.3 Å². The summed E-state index contributed by atoms with van der Waals surface area (Å²) in [4.78, 5) is 12.2. The van der Waals surface area contributed by atoms with Crippen LogP contribution in [-0.2, 0) is 33.1 Å². The summed E-state index contributed by atoms with van der Waals surface area (Å²) in [7, 11) is -0.507. The van der Waals surface area contributed by atoms with Crippen LogP contribution in [0, 0.1) is 6.92 Å². The molecule has 0 spiro atoms. The van der Waals surface area contributed by atoms with Crippen molar-refractivity contribution in [1.29, 1.82) is 0 Å². The van der Waals surface area contributed by atoms with Crippen LogP contribution in [0.25, 0.3) is 11.0 Å². The monoisotopic (exact) mass is 578 g/mol. The molecule has 10 nitrogen and oxygen atoms in total. The molecule has 0 fully saturated rings. The Morgan fingerprint density at radius 3 is 2.76 bits per heavy atom. The number of sulfonamides is 1. The van der Waals surface area contributed by atoms with Gasteiger partial charge in [0, 0.05) is 32.5 Å². The van der Waals surface area contributed by atoms with Gasteiger partial charge in [0.15, 0.2) is 0 Å². The van der Waals surface area contributed by atoms with E-state index in [0.717, 1.165) is 34.2 Å². The van der Waals surface area contributed by atoms with E-state index in [-0.39, 0.29) is 31.0 Å². The van der Waals surface area contributed by atoms with Gasteiger partial charge in [-0.2, -0.15) is 4.31 Å². The van der Waals surface area contributed by atoms with Gasteiger partial charge in [0.25, 0.3) is 0 Å². The molecule has 5 rings (SSSR count). The number of aryl methyl sites for hydroxylation is 2. The van der Waals surface area contributed by atoms with E-state index in [2.05, 4.69) is 10.3 Å². The van der Waals surface area contributed by atoms with Crippen LogP contribution < -0.4 is 4.74 Å². The number of ether oxygens (including phenoxy) is 2. The normalized spacial score (nSPS) is 17.8. The van der Waals surface area contributed by atoms with Gasteiger partial charge in [0.05, 0.1) is 13.5 Å². The van der Waals surface area contributed by atoms with Gasteiger partial charge in [-0.15, -0.1) is 5.10 Å². The first-order valence-corrected chi connectivity index (χ1v) is 15.0. The molecule has 1 aliphatic heterocycles. The van der Waals surface area contributed by atoms with Crippen LogP contribution in [-0.4, -0.2) is 59.1 Å². The largest absolute Gasteiger partial charge is 0.495 e. The average molecular weight is 579 g/mol. The number of rotatable bonds is 8. The number of carboxylic acids is 1. The fourth-order valence-electron chi connectivity index (χ4n) is 5.41. The van der Waals surface area contributed by atoms with Crippen molar-refractivity contribution in [3.05, 3.63) is 87.1 Å². The van der Waals surface area contributed by atoms with Crippen LogP contribution in [0.5, 0.6) is 5.75 Å². The van der Waals surface area contributed by atoms with Gasteiger partial charge in [-0.3, -0.25) is 4.79 Å². The number of aliphatic carboxylic acids is 1. The molecule has 0 saturated heterocycles. The Morgan fingerprint density at radius 1 is 1.22 bits per heavy atom. The molecular formula is C30H34N4O6S. The van der Waals surface area contributed by atoms with Crippen LogP contribution in [0.15, 0.2) is 64.8 Å². The summed E-state index contributed by atoms with van der Waals surface area (Å²) in [5.74, 6) is -0.449. The first-order valence-electron chi connectivity index (χ1n) is 13.5. The van der Waals surface area contributed by atoms with E-state index < -0.39 is 21.9 Å². The number of fused-ring (bicyclic) bond motifs is 1. The van der Waals surface area contributed by atoms with Crippen LogP contribution in [0.2, 0.25) is 0 Å². The minimum atomic E-state index is -3.83. The van der Waals surface area contributed by atoms with Gasteiger partial charge in [-0.1, -0.05) is 48.1 Å². The first kappa shape index (κ1) is 28.6. The summed E-state index contributed by atoms with van der Waals surface area (Å²) in [6.07, 6.45) is 6.46. The zero-order valence-corrected chi connectivity index (χ0v) is 24.4. The quantitative estimate of drug-likeness (QED) is 0.413. The highest BCUT2D eigenvalue weighted by Gasteiger charge is 2.33. The molecule has 2 aliphatic rings. The van der Waals surface area contributed by atoms with Gasteiger partial charge in [-0.05, 0) is 53.8 Å². The van der Waals surface area contributed by atoms with E-state index in [1.54, 1.807) is 31.0 Å². The van der Waals surface area contributed by atoms with Gasteiger partial charge in [0.2, 0.25) is 10.0 Å². The van der Waals surface area contributed by atoms with E-state index in [4.69, 9.17) is 9.47 Å². The number of allylic oxidation sites excluding steroid dienone is 4. The number of benzene rings is 2. The molecule has 2 aromatic carbocycles. The van der Waals surface area contributed by atoms with Crippen molar-refractivity contribution in [2.45, 2.75) is 45.6 Å². The van der Waals surface area contributed by atoms with Crippen molar-refractivity contribution in [1.82, 2.24) is 19.3 Å². The summed E-state index contributed by atoms with van der Waals surface area (Å²) in [5.41, 5.74) is 5.61. The maximum Gasteiger partial charge on any atom is 0.304 e. The molecule has 0 bridgehead atoms. The van der Waals surface area contributed by atoms with Crippen LogP contribution in [0.3, 0.4) is 0 Å². The molecular weight excluding hydrogens is 544 g/mol. The third-order valence-corrected chi connectivity index (χ3v) is 9.65. The number of methoxy groups -OCH3 is 1. The maximum atomic E-state index is 13.8. The third-order valence-electron chi connectivity index (χ3n) is 7.74. The molecule has 11 heteroatoms.